The van der Waals surface area contributed by atoms with Crippen LogP contribution in [0.25, 0.3) is 0 Å². The summed E-state index contributed by atoms with van der Waals surface area (Å²) in [4.78, 5) is 2.35. The Morgan fingerprint density at radius 2 is 1.86 bits per heavy atom. The molecule has 0 amide bonds. The molecule has 0 atom stereocenters. The first-order valence-corrected chi connectivity index (χ1v) is 9.84. The fourth-order valence-electron chi connectivity index (χ4n) is 2.75. The molecule has 6 nitrogen and oxygen atoms in total. The molecule has 2 aromatic carbocycles. The first-order valence-electron chi connectivity index (χ1n) is 9.43. The molecule has 0 aromatic heterocycles. The third-order valence-electron chi connectivity index (χ3n) is 4.33. The zero-order valence-corrected chi connectivity index (χ0v) is 16.7. The molecule has 1 fully saturated rings. The molecule has 2 aromatic rings. The van der Waals surface area contributed by atoms with Gasteiger partial charge in [-0.15, -0.1) is 0 Å². The van der Waals surface area contributed by atoms with Gasteiger partial charge in [0.1, 0.15) is 12.4 Å². The summed E-state index contributed by atoms with van der Waals surface area (Å²) < 4.78 is 11.1. The van der Waals surface area contributed by atoms with Crippen molar-refractivity contribution in [1.29, 1.82) is 0 Å². The van der Waals surface area contributed by atoms with Gasteiger partial charge in [-0.2, -0.15) is 5.10 Å². The molecule has 0 radical (unpaired) electrons. The van der Waals surface area contributed by atoms with E-state index in [1.165, 1.54) is 0 Å². The molecular weight excluding hydrogens is 372 g/mol. The minimum atomic E-state index is 0.521. The molecule has 1 aliphatic heterocycles. The highest BCUT2D eigenvalue weighted by molar-refractivity contribution is 7.80. The van der Waals surface area contributed by atoms with Crippen molar-refractivity contribution < 1.29 is 9.47 Å². The Morgan fingerprint density at radius 3 is 2.61 bits per heavy atom. The summed E-state index contributed by atoms with van der Waals surface area (Å²) in [7, 11) is 0. The van der Waals surface area contributed by atoms with Crippen molar-refractivity contribution in [3.63, 3.8) is 0 Å². The van der Waals surface area contributed by atoms with Gasteiger partial charge in [0.15, 0.2) is 5.11 Å². The van der Waals surface area contributed by atoms with Crippen molar-refractivity contribution in [3.05, 3.63) is 65.7 Å². The molecular formula is C21H26N4O2S. The standard InChI is InChI=1S/C21H26N4O2S/c28-21(22-10-11-25-12-14-26-15-13-25)24-23-16-18-6-8-20(9-7-18)27-17-19-4-2-1-3-5-19/h1-9,16H,10-15,17H2,(H2,22,24,28)/b23-16-. The molecule has 28 heavy (non-hydrogen) atoms. The highest BCUT2D eigenvalue weighted by Crippen LogP contribution is 2.13. The third-order valence-corrected chi connectivity index (χ3v) is 4.56. The molecule has 1 aliphatic rings. The van der Waals surface area contributed by atoms with Gasteiger partial charge >= 0.3 is 0 Å². The summed E-state index contributed by atoms with van der Waals surface area (Å²) in [6.45, 7) is 5.86. The number of benzene rings is 2. The molecule has 1 heterocycles. The van der Waals surface area contributed by atoms with Gasteiger partial charge in [-0.05, 0) is 47.6 Å². The lowest BCUT2D eigenvalue weighted by atomic mass is 10.2. The van der Waals surface area contributed by atoms with Gasteiger partial charge in [0.05, 0.1) is 19.4 Å². The average Bonchev–Trinajstić information content (AvgIpc) is 2.75. The van der Waals surface area contributed by atoms with Crippen LogP contribution in [0.1, 0.15) is 11.1 Å². The minimum Gasteiger partial charge on any atom is -0.489 e. The van der Waals surface area contributed by atoms with Gasteiger partial charge < -0.3 is 14.8 Å². The first-order chi connectivity index (χ1) is 13.8. The van der Waals surface area contributed by atoms with Gasteiger partial charge in [0.2, 0.25) is 0 Å². The molecule has 0 unspecified atom stereocenters. The number of nitrogens with one attached hydrogen (secondary N) is 2. The van der Waals surface area contributed by atoms with Crippen LogP contribution < -0.4 is 15.5 Å². The Labute approximate surface area is 171 Å². The molecule has 1 saturated heterocycles. The quantitative estimate of drug-likeness (QED) is 0.405. The molecule has 0 bridgehead atoms. The number of ether oxygens (including phenoxy) is 2. The maximum atomic E-state index is 5.78. The normalized spacial score (nSPS) is 14.7. The van der Waals surface area contributed by atoms with E-state index in [9.17, 15) is 0 Å². The third kappa shape index (κ3) is 7.26. The Bertz CT molecular complexity index is 747. The van der Waals surface area contributed by atoms with Gasteiger partial charge in [-0.3, -0.25) is 10.3 Å². The first kappa shape index (κ1) is 20.3. The summed E-state index contributed by atoms with van der Waals surface area (Å²) in [6.07, 6.45) is 1.73. The van der Waals surface area contributed by atoms with Crippen LogP contribution in [0.3, 0.4) is 0 Å². The van der Waals surface area contributed by atoms with Crippen molar-refractivity contribution in [2.45, 2.75) is 6.61 Å². The van der Waals surface area contributed by atoms with Crippen LogP contribution in [-0.2, 0) is 11.3 Å². The molecule has 0 saturated carbocycles. The van der Waals surface area contributed by atoms with Crippen molar-refractivity contribution in [2.24, 2.45) is 5.10 Å². The van der Waals surface area contributed by atoms with Crippen LogP contribution in [-0.4, -0.2) is 55.6 Å². The van der Waals surface area contributed by atoms with Gasteiger partial charge in [-0.1, -0.05) is 30.3 Å². The second-order valence-electron chi connectivity index (χ2n) is 6.42. The van der Waals surface area contributed by atoms with E-state index in [-0.39, 0.29) is 0 Å². The summed E-state index contributed by atoms with van der Waals surface area (Å²) in [5.41, 5.74) is 4.96. The minimum absolute atomic E-state index is 0.521. The Balaban J connectivity index is 1.34. The number of hydrogen-bond acceptors (Lipinski definition) is 5. The lowest BCUT2D eigenvalue weighted by Gasteiger charge is -2.26. The summed E-state index contributed by atoms with van der Waals surface area (Å²) >= 11 is 5.24. The van der Waals surface area contributed by atoms with Gasteiger partial charge in [0.25, 0.3) is 0 Å². The molecule has 0 aliphatic carbocycles. The topological polar surface area (TPSA) is 58.1 Å². The van der Waals surface area contributed by atoms with Crippen molar-refractivity contribution in [2.75, 3.05) is 39.4 Å². The predicted octanol–water partition coefficient (Wildman–Crippen LogP) is 2.40. The van der Waals surface area contributed by atoms with Crippen LogP contribution in [0.15, 0.2) is 59.7 Å². The van der Waals surface area contributed by atoms with E-state index in [1.807, 2.05) is 54.6 Å². The second-order valence-corrected chi connectivity index (χ2v) is 6.83. The number of hydrazone groups is 1. The van der Waals surface area contributed by atoms with Gasteiger partial charge in [-0.25, -0.2) is 0 Å². The van der Waals surface area contributed by atoms with E-state index in [4.69, 9.17) is 21.7 Å². The molecule has 3 rings (SSSR count). The predicted molar refractivity (Wildman–Crippen MR) is 116 cm³/mol. The highest BCUT2D eigenvalue weighted by Gasteiger charge is 2.09. The Kier molecular flexibility index (Phi) is 8.24. The van der Waals surface area contributed by atoms with E-state index in [2.05, 4.69) is 20.7 Å². The summed E-state index contributed by atoms with van der Waals surface area (Å²) in [6, 6.07) is 17.9. The number of rotatable bonds is 8. The van der Waals surface area contributed by atoms with Crippen LogP contribution in [0.4, 0.5) is 0 Å². The molecule has 148 valence electrons. The highest BCUT2D eigenvalue weighted by atomic mass is 32.1. The Morgan fingerprint density at radius 1 is 1.11 bits per heavy atom. The monoisotopic (exact) mass is 398 g/mol. The number of nitrogens with zero attached hydrogens (tertiary/aromatic N) is 2. The van der Waals surface area contributed by atoms with Crippen molar-refractivity contribution in [1.82, 2.24) is 15.6 Å². The van der Waals surface area contributed by atoms with Crippen molar-refractivity contribution in [3.8, 4) is 5.75 Å². The SMILES string of the molecule is S=C(NCCN1CCOCC1)N/N=C\c1ccc(OCc2ccccc2)cc1. The molecule has 0 spiro atoms. The largest absolute Gasteiger partial charge is 0.489 e. The zero-order valence-electron chi connectivity index (χ0n) is 15.8. The number of hydrogen-bond donors (Lipinski definition) is 2. The van der Waals surface area contributed by atoms with Crippen molar-refractivity contribution >= 4 is 23.5 Å². The summed E-state index contributed by atoms with van der Waals surface area (Å²) in [5, 5.41) is 7.86. The van der Waals surface area contributed by atoms with Crippen LogP contribution in [0.5, 0.6) is 5.75 Å². The average molecular weight is 399 g/mol. The number of morpholine rings is 1. The Hall–Kier alpha value is -2.48. The van der Waals surface area contributed by atoms with Crippen LogP contribution in [0, 0.1) is 0 Å². The van der Waals surface area contributed by atoms with E-state index in [0.717, 1.165) is 56.3 Å². The zero-order chi connectivity index (χ0) is 19.4. The molecule has 7 heteroatoms. The summed E-state index contributed by atoms with van der Waals surface area (Å²) in [5.74, 6) is 0.828. The number of thiocarbonyl (C=S) groups is 1. The fraction of sp³-hybridized carbons (Fsp3) is 0.333. The molecule has 2 N–H and O–H groups in total. The van der Waals surface area contributed by atoms with Crippen LogP contribution in [0.2, 0.25) is 0 Å². The van der Waals surface area contributed by atoms with Gasteiger partial charge in [0, 0.05) is 26.2 Å². The van der Waals surface area contributed by atoms with E-state index in [0.29, 0.717) is 11.7 Å². The fourth-order valence-corrected chi connectivity index (χ4v) is 2.90. The smallest absolute Gasteiger partial charge is 0.187 e. The van der Waals surface area contributed by atoms with E-state index in [1.54, 1.807) is 6.21 Å². The van der Waals surface area contributed by atoms with E-state index < -0.39 is 0 Å². The lowest BCUT2D eigenvalue weighted by molar-refractivity contribution is 0.0389. The van der Waals surface area contributed by atoms with Crippen LogP contribution >= 0.6 is 12.2 Å². The lowest BCUT2D eigenvalue weighted by Crippen LogP contribution is -2.42. The second kappa shape index (κ2) is 11.4. The van der Waals surface area contributed by atoms with E-state index >= 15 is 0 Å². The maximum absolute atomic E-state index is 5.78. The maximum Gasteiger partial charge on any atom is 0.187 e.